The monoisotopic (exact) mass is 410 g/mol. The Labute approximate surface area is 172 Å². The highest BCUT2D eigenvalue weighted by atomic mass is 16.5. The summed E-state index contributed by atoms with van der Waals surface area (Å²) >= 11 is 0. The Bertz CT molecular complexity index is 1100. The van der Waals surface area contributed by atoms with Gasteiger partial charge in [-0.05, 0) is 43.5 Å². The lowest BCUT2D eigenvalue weighted by molar-refractivity contribution is -0.116. The fraction of sp³-hybridized carbons (Fsp3) is 0.381. The van der Waals surface area contributed by atoms with Crippen LogP contribution in [0.5, 0.6) is 0 Å². The maximum Gasteiger partial charge on any atom is 0.338 e. The van der Waals surface area contributed by atoms with Gasteiger partial charge in [0.1, 0.15) is 18.2 Å². The molecule has 1 aliphatic rings. The Morgan fingerprint density at radius 1 is 1.23 bits per heavy atom. The van der Waals surface area contributed by atoms with Crippen LogP contribution in [0.2, 0.25) is 0 Å². The largest absolute Gasteiger partial charge is 0.462 e. The van der Waals surface area contributed by atoms with Gasteiger partial charge in [-0.3, -0.25) is 14.2 Å². The molecule has 0 bridgehead atoms. The summed E-state index contributed by atoms with van der Waals surface area (Å²) in [5.41, 5.74) is -0.826. The van der Waals surface area contributed by atoms with E-state index in [0.717, 1.165) is 30.3 Å². The molecule has 1 aromatic carbocycles. The van der Waals surface area contributed by atoms with Crippen molar-refractivity contribution in [2.45, 2.75) is 45.2 Å². The summed E-state index contributed by atoms with van der Waals surface area (Å²) in [4.78, 5) is 49.2. The van der Waals surface area contributed by atoms with Crippen molar-refractivity contribution in [3.8, 4) is 6.07 Å². The van der Waals surface area contributed by atoms with Gasteiger partial charge in [-0.25, -0.2) is 14.2 Å². The molecule has 3 rings (SSSR count). The van der Waals surface area contributed by atoms with Crippen LogP contribution in [0.1, 0.15) is 54.6 Å². The number of unbranched alkanes of at least 4 members (excludes halogenated alkanes) is 1. The first kappa shape index (κ1) is 21.0. The molecule has 30 heavy (non-hydrogen) atoms. The van der Waals surface area contributed by atoms with Crippen LogP contribution in [-0.4, -0.2) is 27.6 Å². The second-order valence-corrected chi connectivity index (χ2v) is 7.08. The van der Waals surface area contributed by atoms with Gasteiger partial charge in [0.2, 0.25) is 5.91 Å². The topological polar surface area (TPSA) is 123 Å². The Hall–Kier alpha value is -3.67. The first-order chi connectivity index (χ1) is 14.4. The van der Waals surface area contributed by atoms with Gasteiger partial charge in [0.25, 0.3) is 5.56 Å². The van der Waals surface area contributed by atoms with Gasteiger partial charge in [0.15, 0.2) is 0 Å². The van der Waals surface area contributed by atoms with Crippen LogP contribution < -0.4 is 16.6 Å². The van der Waals surface area contributed by atoms with Gasteiger partial charge in [-0.15, -0.1) is 0 Å². The normalized spacial score (nSPS) is 12.8. The van der Waals surface area contributed by atoms with Gasteiger partial charge >= 0.3 is 11.7 Å². The van der Waals surface area contributed by atoms with E-state index in [1.165, 1.54) is 35.0 Å². The summed E-state index contributed by atoms with van der Waals surface area (Å²) in [6, 6.07) is 7.84. The number of hydrogen-bond acceptors (Lipinski definition) is 6. The number of hydrogen-bond donors (Lipinski definition) is 1. The lowest BCUT2D eigenvalue weighted by Crippen LogP contribution is -2.43. The number of carbonyl (C=O) groups excluding carboxylic acids is 2. The average Bonchev–Trinajstić information content (AvgIpc) is 3.57. The maximum absolute atomic E-state index is 12.5. The van der Waals surface area contributed by atoms with E-state index in [9.17, 15) is 19.2 Å². The molecule has 1 saturated carbocycles. The smallest absolute Gasteiger partial charge is 0.338 e. The van der Waals surface area contributed by atoms with Crippen molar-refractivity contribution >= 4 is 17.6 Å². The highest BCUT2D eigenvalue weighted by Gasteiger charge is 2.27. The van der Waals surface area contributed by atoms with Crippen molar-refractivity contribution in [1.29, 1.82) is 5.26 Å². The third kappa shape index (κ3) is 4.84. The van der Waals surface area contributed by atoms with E-state index in [0.29, 0.717) is 17.9 Å². The molecule has 1 N–H and O–H groups in total. The molecular formula is C21H22N4O5. The minimum absolute atomic E-state index is 0.0378. The van der Waals surface area contributed by atoms with Crippen LogP contribution in [0.4, 0.5) is 5.69 Å². The lowest BCUT2D eigenvalue weighted by Gasteiger charge is -2.11. The first-order valence-electron chi connectivity index (χ1n) is 9.77. The molecule has 156 valence electrons. The van der Waals surface area contributed by atoms with E-state index >= 15 is 0 Å². The quantitative estimate of drug-likeness (QED) is 0.523. The minimum atomic E-state index is -0.792. The van der Waals surface area contributed by atoms with Crippen LogP contribution >= 0.6 is 0 Å². The molecule has 1 aromatic heterocycles. The van der Waals surface area contributed by atoms with Crippen molar-refractivity contribution in [1.82, 2.24) is 9.13 Å². The number of anilines is 1. The van der Waals surface area contributed by atoms with Crippen LogP contribution in [0.15, 0.2) is 40.1 Å². The molecule has 0 spiro atoms. The summed E-state index contributed by atoms with van der Waals surface area (Å²) in [6.07, 6.45) is 4.55. The van der Waals surface area contributed by atoms with Crippen LogP contribution in [0.25, 0.3) is 0 Å². The Morgan fingerprint density at radius 2 is 1.93 bits per heavy atom. The number of carbonyl (C=O) groups is 2. The second-order valence-electron chi connectivity index (χ2n) is 7.08. The zero-order valence-corrected chi connectivity index (χ0v) is 16.6. The number of nitrogens with one attached hydrogen (secondary N) is 1. The highest BCUT2D eigenvalue weighted by Crippen LogP contribution is 2.33. The van der Waals surface area contributed by atoms with E-state index in [-0.39, 0.29) is 11.6 Å². The van der Waals surface area contributed by atoms with E-state index in [1.807, 2.05) is 6.92 Å². The molecule has 0 unspecified atom stereocenters. The molecule has 0 atom stereocenters. The standard InChI is InChI=1S/C21H22N4O5/c1-2-3-10-30-20(28)14-4-6-16(7-5-14)23-18(26)13-25-19(27)15(11-22)12-24(21(25)29)17-8-9-17/h4-7,12,17H,2-3,8-10,13H2,1H3,(H,23,26). The van der Waals surface area contributed by atoms with Crippen LogP contribution in [0, 0.1) is 11.3 Å². The van der Waals surface area contributed by atoms with Crippen molar-refractivity contribution in [2.75, 3.05) is 11.9 Å². The molecular weight excluding hydrogens is 388 g/mol. The SMILES string of the molecule is CCCCOC(=O)c1ccc(NC(=O)Cn2c(=O)c(C#N)cn(C3CC3)c2=O)cc1. The third-order valence-electron chi connectivity index (χ3n) is 4.69. The summed E-state index contributed by atoms with van der Waals surface area (Å²) in [5.74, 6) is -1.04. The molecule has 0 aliphatic heterocycles. The van der Waals surface area contributed by atoms with Gasteiger partial charge in [0.05, 0.1) is 12.2 Å². The number of ether oxygens (including phenoxy) is 1. The molecule has 1 aliphatic carbocycles. The van der Waals surface area contributed by atoms with E-state index in [2.05, 4.69) is 5.32 Å². The molecule has 9 heteroatoms. The van der Waals surface area contributed by atoms with Gasteiger partial charge in [-0.1, -0.05) is 13.3 Å². The van der Waals surface area contributed by atoms with Crippen molar-refractivity contribution < 1.29 is 14.3 Å². The summed E-state index contributed by atoms with van der Waals surface area (Å²) in [7, 11) is 0. The summed E-state index contributed by atoms with van der Waals surface area (Å²) in [5, 5.41) is 11.7. The number of benzene rings is 1. The predicted octanol–water partition coefficient (Wildman–Crippen LogP) is 1.81. The zero-order valence-electron chi connectivity index (χ0n) is 16.6. The van der Waals surface area contributed by atoms with Crippen molar-refractivity contribution in [3.63, 3.8) is 0 Å². The molecule has 1 heterocycles. The van der Waals surface area contributed by atoms with E-state index in [4.69, 9.17) is 10.00 Å². The fourth-order valence-corrected chi connectivity index (χ4v) is 2.88. The Morgan fingerprint density at radius 3 is 2.53 bits per heavy atom. The number of nitriles is 1. The second kappa shape index (κ2) is 9.22. The minimum Gasteiger partial charge on any atom is -0.462 e. The van der Waals surface area contributed by atoms with Crippen LogP contribution in [-0.2, 0) is 16.1 Å². The first-order valence-corrected chi connectivity index (χ1v) is 9.77. The average molecular weight is 410 g/mol. The zero-order chi connectivity index (χ0) is 21.7. The summed E-state index contributed by atoms with van der Waals surface area (Å²) in [6.45, 7) is 1.83. The van der Waals surface area contributed by atoms with E-state index < -0.39 is 29.7 Å². The number of amides is 1. The fourth-order valence-electron chi connectivity index (χ4n) is 2.88. The number of aromatic nitrogens is 2. The van der Waals surface area contributed by atoms with Crippen molar-refractivity contribution in [2.24, 2.45) is 0 Å². The molecule has 0 radical (unpaired) electrons. The number of esters is 1. The molecule has 2 aromatic rings. The summed E-state index contributed by atoms with van der Waals surface area (Å²) < 4.78 is 7.23. The van der Waals surface area contributed by atoms with Gasteiger partial charge in [-0.2, -0.15) is 5.26 Å². The molecule has 1 fully saturated rings. The predicted molar refractivity (Wildman–Crippen MR) is 108 cm³/mol. The molecule has 9 nitrogen and oxygen atoms in total. The third-order valence-corrected chi connectivity index (χ3v) is 4.69. The Balaban J connectivity index is 1.70. The Kier molecular flexibility index (Phi) is 6.47. The van der Waals surface area contributed by atoms with E-state index in [1.54, 1.807) is 6.07 Å². The van der Waals surface area contributed by atoms with Gasteiger partial charge < -0.3 is 10.1 Å². The van der Waals surface area contributed by atoms with Gasteiger partial charge in [0, 0.05) is 17.9 Å². The molecule has 1 amide bonds. The van der Waals surface area contributed by atoms with Crippen LogP contribution in [0.3, 0.4) is 0 Å². The highest BCUT2D eigenvalue weighted by molar-refractivity contribution is 5.93. The maximum atomic E-state index is 12.5. The van der Waals surface area contributed by atoms with Crippen molar-refractivity contribution in [3.05, 3.63) is 62.4 Å². The number of rotatable bonds is 8. The lowest BCUT2D eigenvalue weighted by atomic mass is 10.2. The molecule has 0 saturated heterocycles. The number of nitrogens with zero attached hydrogens (tertiary/aromatic N) is 3.